The summed E-state index contributed by atoms with van der Waals surface area (Å²) < 4.78 is 12.4. The summed E-state index contributed by atoms with van der Waals surface area (Å²) in [6.45, 7) is 2.89. The summed E-state index contributed by atoms with van der Waals surface area (Å²) in [5, 5.41) is 0. The lowest BCUT2D eigenvalue weighted by molar-refractivity contribution is -0.281. The van der Waals surface area contributed by atoms with E-state index in [-0.39, 0.29) is 5.91 Å². The largest absolute Gasteiger partial charge is 0.350 e. The van der Waals surface area contributed by atoms with E-state index in [1.54, 1.807) is 0 Å². The van der Waals surface area contributed by atoms with Crippen LogP contribution in [0.4, 0.5) is 0 Å². The van der Waals surface area contributed by atoms with Crippen LogP contribution < -0.4 is 0 Å². The number of amides is 1. The van der Waals surface area contributed by atoms with Gasteiger partial charge in [0.25, 0.3) is 5.91 Å². The second kappa shape index (κ2) is 5.84. The number of ether oxygens (including phenoxy) is 2. The zero-order chi connectivity index (χ0) is 14.0. The summed E-state index contributed by atoms with van der Waals surface area (Å²) in [5.74, 6) is -0.369. The number of likely N-dealkylation sites (tertiary alicyclic amines) is 1. The molecule has 4 nitrogen and oxygen atoms in total. The highest BCUT2D eigenvalue weighted by atomic mass is 79.9. The molecule has 0 radical (unpaired) electrons. The topological polar surface area (TPSA) is 38.8 Å². The first-order valence-corrected chi connectivity index (χ1v) is 7.81. The predicted molar refractivity (Wildman–Crippen MR) is 78.5 cm³/mol. The van der Waals surface area contributed by atoms with Crippen LogP contribution in [0.5, 0.6) is 0 Å². The molecule has 1 aromatic rings. The van der Waals surface area contributed by atoms with Crippen LogP contribution in [0, 0.1) is 0 Å². The summed E-state index contributed by atoms with van der Waals surface area (Å²) >= 11 is 3.44. The number of nitrogens with zero attached hydrogens (tertiary/aromatic N) is 1. The van der Waals surface area contributed by atoms with Crippen LogP contribution in [0.25, 0.3) is 0 Å². The summed E-state index contributed by atoms with van der Waals surface area (Å²) in [5.41, 5.74) is 0.717. The van der Waals surface area contributed by atoms with Crippen molar-refractivity contribution in [3.05, 3.63) is 34.3 Å². The third kappa shape index (κ3) is 2.75. The standard InChI is InChI=1S/C15H18BrNO3/c16-13-5-2-1-4-12(13)14(18)17-8-6-15(7-9-17)19-10-3-11-20-15/h1-2,4-5H,3,6-11H2. The lowest BCUT2D eigenvalue weighted by Crippen LogP contribution is -2.51. The second-order valence-corrected chi connectivity index (χ2v) is 6.09. The van der Waals surface area contributed by atoms with Gasteiger partial charge in [0.1, 0.15) is 0 Å². The quantitative estimate of drug-likeness (QED) is 0.789. The van der Waals surface area contributed by atoms with Crippen molar-refractivity contribution in [2.24, 2.45) is 0 Å². The lowest BCUT2D eigenvalue weighted by atomic mass is 10.0. The van der Waals surface area contributed by atoms with Gasteiger partial charge in [-0.05, 0) is 34.5 Å². The van der Waals surface area contributed by atoms with Crippen molar-refractivity contribution >= 4 is 21.8 Å². The van der Waals surface area contributed by atoms with Gasteiger partial charge in [-0.2, -0.15) is 0 Å². The van der Waals surface area contributed by atoms with E-state index >= 15 is 0 Å². The Bertz CT molecular complexity index is 490. The molecule has 0 aromatic heterocycles. The van der Waals surface area contributed by atoms with Gasteiger partial charge in [-0.1, -0.05) is 12.1 Å². The number of carbonyl (C=O) groups is 1. The zero-order valence-corrected chi connectivity index (χ0v) is 12.9. The minimum atomic E-state index is -0.442. The fourth-order valence-electron chi connectivity index (χ4n) is 2.76. The number of rotatable bonds is 1. The first-order valence-electron chi connectivity index (χ1n) is 7.02. The van der Waals surface area contributed by atoms with Gasteiger partial charge in [0, 0.05) is 30.4 Å². The second-order valence-electron chi connectivity index (χ2n) is 5.23. The summed E-state index contributed by atoms with van der Waals surface area (Å²) in [4.78, 5) is 14.4. The van der Waals surface area contributed by atoms with Gasteiger partial charge in [0.2, 0.25) is 0 Å². The smallest absolute Gasteiger partial charge is 0.255 e. The van der Waals surface area contributed by atoms with E-state index < -0.39 is 5.79 Å². The maximum Gasteiger partial charge on any atom is 0.255 e. The maximum absolute atomic E-state index is 12.5. The third-order valence-corrected chi connectivity index (χ3v) is 4.63. The Balaban J connectivity index is 1.66. The first-order chi connectivity index (χ1) is 9.70. The summed E-state index contributed by atoms with van der Waals surface area (Å²) in [6, 6.07) is 7.54. The zero-order valence-electron chi connectivity index (χ0n) is 11.3. The molecule has 2 fully saturated rings. The van der Waals surface area contributed by atoms with Gasteiger partial charge < -0.3 is 14.4 Å². The fourth-order valence-corrected chi connectivity index (χ4v) is 3.22. The molecular formula is C15H18BrNO3. The van der Waals surface area contributed by atoms with Crippen LogP contribution >= 0.6 is 15.9 Å². The molecule has 1 amide bonds. The number of carbonyl (C=O) groups excluding carboxylic acids is 1. The molecule has 2 aliphatic rings. The van der Waals surface area contributed by atoms with Crippen molar-refractivity contribution in [1.82, 2.24) is 4.90 Å². The molecule has 1 spiro atoms. The van der Waals surface area contributed by atoms with Crippen molar-refractivity contribution in [1.29, 1.82) is 0 Å². The molecule has 20 heavy (non-hydrogen) atoms. The van der Waals surface area contributed by atoms with Crippen LogP contribution in [-0.4, -0.2) is 42.9 Å². The van der Waals surface area contributed by atoms with Crippen molar-refractivity contribution < 1.29 is 14.3 Å². The van der Waals surface area contributed by atoms with Crippen LogP contribution in [0.15, 0.2) is 28.7 Å². The van der Waals surface area contributed by atoms with Gasteiger partial charge in [-0.3, -0.25) is 4.79 Å². The molecule has 108 valence electrons. The van der Waals surface area contributed by atoms with Crippen LogP contribution in [0.3, 0.4) is 0 Å². The minimum Gasteiger partial charge on any atom is -0.350 e. The average molecular weight is 340 g/mol. The Kier molecular flexibility index (Phi) is 4.10. The van der Waals surface area contributed by atoms with E-state index in [2.05, 4.69) is 15.9 Å². The van der Waals surface area contributed by atoms with E-state index in [1.165, 1.54) is 0 Å². The normalized spacial score (nSPS) is 21.9. The molecule has 2 saturated heterocycles. The summed E-state index contributed by atoms with van der Waals surface area (Å²) in [7, 11) is 0. The molecule has 0 bridgehead atoms. The molecule has 2 heterocycles. The highest BCUT2D eigenvalue weighted by Crippen LogP contribution is 2.31. The van der Waals surface area contributed by atoms with Gasteiger partial charge in [0.05, 0.1) is 18.8 Å². The van der Waals surface area contributed by atoms with Gasteiger partial charge in [0.15, 0.2) is 5.79 Å². The molecule has 1 aromatic carbocycles. The number of piperidine rings is 1. The Hall–Kier alpha value is -0.910. The van der Waals surface area contributed by atoms with E-state index in [1.807, 2.05) is 29.2 Å². The van der Waals surface area contributed by atoms with Crippen molar-refractivity contribution in [3.63, 3.8) is 0 Å². The molecule has 0 atom stereocenters. The number of hydrogen-bond acceptors (Lipinski definition) is 3. The molecule has 0 aliphatic carbocycles. The lowest BCUT2D eigenvalue weighted by Gasteiger charge is -2.43. The molecular weight excluding hydrogens is 322 g/mol. The Morgan fingerprint density at radius 3 is 2.45 bits per heavy atom. The van der Waals surface area contributed by atoms with Gasteiger partial charge in [-0.25, -0.2) is 0 Å². The fraction of sp³-hybridized carbons (Fsp3) is 0.533. The Morgan fingerprint density at radius 1 is 1.15 bits per heavy atom. The Morgan fingerprint density at radius 2 is 1.80 bits per heavy atom. The molecule has 3 rings (SSSR count). The summed E-state index contributed by atoms with van der Waals surface area (Å²) in [6.07, 6.45) is 2.47. The van der Waals surface area contributed by atoms with Crippen molar-refractivity contribution in [2.45, 2.75) is 25.0 Å². The molecule has 0 unspecified atom stereocenters. The molecule has 0 N–H and O–H groups in total. The molecule has 5 heteroatoms. The van der Waals surface area contributed by atoms with E-state index in [0.29, 0.717) is 18.7 Å². The monoisotopic (exact) mass is 339 g/mol. The van der Waals surface area contributed by atoms with Crippen LogP contribution in [0.1, 0.15) is 29.6 Å². The van der Waals surface area contributed by atoms with Crippen molar-refractivity contribution in [3.8, 4) is 0 Å². The Labute approximate surface area is 127 Å². The molecule has 0 saturated carbocycles. The average Bonchev–Trinajstić information content (AvgIpc) is 2.49. The highest BCUT2D eigenvalue weighted by molar-refractivity contribution is 9.10. The van der Waals surface area contributed by atoms with Gasteiger partial charge >= 0.3 is 0 Å². The first kappa shape index (κ1) is 14.0. The van der Waals surface area contributed by atoms with Gasteiger partial charge in [-0.15, -0.1) is 0 Å². The van der Waals surface area contributed by atoms with Crippen LogP contribution in [-0.2, 0) is 9.47 Å². The predicted octanol–water partition coefficient (Wildman–Crippen LogP) is 2.82. The number of halogens is 1. The minimum absolute atomic E-state index is 0.0723. The van der Waals surface area contributed by atoms with Crippen molar-refractivity contribution in [2.75, 3.05) is 26.3 Å². The molecule has 2 aliphatic heterocycles. The number of benzene rings is 1. The SMILES string of the molecule is O=C(c1ccccc1Br)N1CCC2(CC1)OCCCO2. The van der Waals surface area contributed by atoms with E-state index in [9.17, 15) is 4.79 Å². The number of hydrogen-bond donors (Lipinski definition) is 0. The van der Waals surface area contributed by atoms with E-state index in [4.69, 9.17) is 9.47 Å². The van der Waals surface area contributed by atoms with E-state index in [0.717, 1.165) is 36.9 Å². The van der Waals surface area contributed by atoms with Crippen LogP contribution in [0.2, 0.25) is 0 Å². The highest BCUT2D eigenvalue weighted by Gasteiger charge is 2.39. The third-order valence-electron chi connectivity index (χ3n) is 3.94. The maximum atomic E-state index is 12.5.